The van der Waals surface area contributed by atoms with Crippen LogP contribution in [0, 0.1) is 0 Å². The third-order valence-electron chi connectivity index (χ3n) is 2.34. The second kappa shape index (κ2) is 3.76. The maximum atomic E-state index is 9.69. The lowest BCUT2D eigenvalue weighted by molar-refractivity contribution is 0.390. The third-order valence-corrected chi connectivity index (χ3v) is 2.34. The van der Waals surface area contributed by atoms with Crippen molar-refractivity contribution in [3.05, 3.63) is 24.0 Å². The zero-order valence-corrected chi connectivity index (χ0v) is 9.93. The quantitative estimate of drug-likeness (QED) is 0.741. The Hall–Kier alpha value is -2.04. The first-order valence-electron chi connectivity index (χ1n) is 5.25. The minimum atomic E-state index is -0.253. The van der Waals surface area contributed by atoms with Crippen molar-refractivity contribution in [1.29, 1.82) is 0 Å². The highest BCUT2D eigenvalue weighted by Gasteiger charge is 2.22. The maximum Gasteiger partial charge on any atom is 0.261 e. The van der Waals surface area contributed by atoms with Crippen molar-refractivity contribution in [2.24, 2.45) is 0 Å². The minimum absolute atomic E-state index is 0.198. The lowest BCUT2D eigenvalue weighted by atomic mass is 9.96. The molecule has 0 aliphatic carbocycles. The van der Waals surface area contributed by atoms with Crippen molar-refractivity contribution >= 4 is 0 Å². The smallest absolute Gasteiger partial charge is 0.261 e. The van der Waals surface area contributed by atoms with Gasteiger partial charge in [0.2, 0.25) is 0 Å². The van der Waals surface area contributed by atoms with Crippen molar-refractivity contribution in [2.75, 3.05) is 0 Å². The van der Waals surface area contributed by atoms with Crippen LogP contribution in [0.5, 0.6) is 11.5 Å². The fourth-order valence-electron chi connectivity index (χ4n) is 1.34. The van der Waals surface area contributed by atoms with Gasteiger partial charge >= 0.3 is 0 Å². The first-order valence-corrected chi connectivity index (χ1v) is 5.25. The van der Waals surface area contributed by atoms with E-state index in [1.54, 1.807) is 12.1 Å². The Morgan fingerprint density at radius 3 is 2.47 bits per heavy atom. The van der Waals surface area contributed by atoms with Crippen LogP contribution < -0.4 is 0 Å². The number of rotatable bonds is 1. The molecule has 90 valence electrons. The van der Waals surface area contributed by atoms with Crippen LogP contribution >= 0.6 is 0 Å². The van der Waals surface area contributed by atoms with Gasteiger partial charge in [-0.1, -0.05) is 32.0 Å². The number of benzene rings is 1. The van der Waals surface area contributed by atoms with E-state index in [0.29, 0.717) is 11.4 Å². The van der Waals surface area contributed by atoms with Gasteiger partial charge in [-0.3, -0.25) is 0 Å². The summed E-state index contributed by atoms with van der Waals surface area (Å²) in [5.41, 5.74) is 0.0989. The molecule has 5 nitrogen and oxygen atoms in total. The Morgan fingerprint density at radius 2 is 1.88 bits per heavy atom. The molecule has 0 saturated carbocycles. The Morgan fingerprint density at radius 1 is 1.18 bits per heavy atom. The van der Waals surface area contributed by atoms with Crippen molar-refractivity contribution in [1.82, 2.24) is 10.1 Å². The van der Waals surface area contributed by atoms with E-state index in [1.807, 2.05) is 20.8 Å². The molecule has 2 aromatic rings. The van der Waals surface area contributed by atoms with Crippen LogP contribution in [-0.2, 0) is 5.41 Å². The van der Waals surface area contributed by atoms with E-state index in [0.717, 1.165) is 0 Å². The molecule has 0 saturated heterocycles. The molecule has 0 aliphatic heterocycles. The van der Waals surface area contributed by atoms with E-state index in [1.165, 1.54) is 6.07 Å². The Kier molecular flexibility index (Phi) is 2.53. The fourth-order valence-corrected chi connectivity index (χ4v) is 1.34. The highest BCUT2D eigenvalue weighted by Crippen LogP contribution is 2.35. The highest BCUT2D eigenvalue weighted by molar-refractivity contribution is 5.66. The van der Waals surface area contributed by atoms with Crippen LogP contribution in [0.1, 0.15) is 26.6 Å². The molecule has 0 fully saturated rings. The fraction of sp³-hybridized carbons (Fsp3) is 0.333. The normalized spacial score (nSPS) is 11.7. The molecule has 0 aliphatic rings. The molecule has 2 N–H and O–H groups in total. The summed E-state index contributed by atoms with van der Waals surface area (Å²) in [6, 6.07) is 4.60. The predicted octanol–water partition coefficient (Wildman–Crippen LogP) is 2.45. The molecule has 0 bridgehead atoms. The largest absolute Gasteiger partial charge is 0.504 e. The zero-order chi connectivity index (χ0) is 12.6. The Balaban J connectivity index is 2.48. The molecule has 0 spiro atoms. The third kappa shape index (κ3) is 2.08. The summed E-state index contributed by atoms with van der Waals surface area (Å²) in [7, 11) is 0. The van der Waals surface area contributed by atoms with Gasteiger partial charge in [-0.25, -0.2) is 0 Å². The first kappa shape index (κ1) is 11.4. The maximum absolute atomic E-state index is 9.69. The molecule has 0 amide bonds. The summed E-state index contributed by atoms with van der Waals surface area (Å²) in [4.78, 5) is 4.20. The van der Waals surface area contributed by atoms with E-state index >= 15 is 0 Å². The van der Waals surface area contributed by atoms with E-state index in [9.17, 15) is 10.2 Å². The molecular formula is C12H14N2O3. The van der Waals surface area contributed by atoms with Crippen LogP contribution in [0.4, 0.5) is 0 Å². The van der Waals surface area contributed by atoms with Crippen LogP contribution in [-0.4, -0.2) is 20.4 Å². The molecule has 1 aromatic carbocycles. The van der Waals surface area contributed by atoms with E-state index in [-0.39, 0.29) is 22.8 Å². The number of hydrogen-bond acceptors (Lipinski definition) is 5. The SMILES string of the molecule is CC(C)(C)c1noc(-c2cccc(O)c2O)n1. The molecule has 1 aromatic heterocycles. The molecule has 0 radical (unpaired) electrons. The first-order chi connectivity index (χ1) is 7.89. The summed E-state index contributed by atoms with van der Waals surface area (Å²) in [5.74, 6) is 0.285. The lowest BCUT2D eigenvalue weighted by Crippen LogP contribution is -2.13. The van der Waals surface area contributed by atoms with E-state index in [4.69, 9.17) is 4.52 Å². The molecule has 2 rings (SSSR count). The van der Waals surface area contributed by atoms with Crippen LogP contribution in [0.2, 0.25) is 0 Å². The monoisotopic (exact) mass is 234 g/mol. The van der Waals surface area contributed by atoms with E-state index < -0.39 is 0 Å². The highest BCUT2D eigenvalue weighted by atomic mass is 16.5. The molecular weight excluding hydrogens is 220 g/mol. The Labute approximate surface area is 98.7 Å². The summed E-state index contributed by atoms with van der Waals surface area (Å²) < 4.78 is 5.08. The van der Waals surface area contributed by atoms with Crippen molar-refractivity contribution in [2.45, 2.75) is 26.2 Å². The Bertz CT molecular complexity index is 541. The van der Waals surface area contributed by atoms with Gasteiger partial charge in [-0.2, -0.15) is 4.98 Å². The number of phenolic OH excluding ortho intramolecular Hbond substituents is 2. The number of phenols is 2. The van der Waals surface area contributed by atoms with Crippen LogP contribution in [0.25, 0.3) is 11.5 Å². The molecule has 5 heteroatoms. The van der Waals surface area contributed by atoms with Crippen LogP contribution in [0.3, 0.4) is 0 Å². The average Bonchev–Trinajstić information content (AvgIpc) is 2.70. The van der Waals surface area contributed by atoms with Crippen molar-refractivity contribution in [3.8, 4) is 23.0 Å². The minimum Gasteiger partial charge on any atom is -0.504 e. The summed E-state index contributed by atoms with van der Waals surface area (Å²) in [5, 5.41) is 22.9. The standard InChI is InChI=1S/C12H14N2O3/c1-12(2,3)11-13-10(17-14-11)7-5-4-6-8(15)9(7)16/h4-6,15-16H,1-3H3. The van der Waals surface area contributed by atoms with Gasteiger partial charge in [0.15, 0.2) is 17.3 Å². The van der Waals surface area contributed by atoms with Gasteiger partial charge < -0.3 is 14.7 Å². The van der Waals surface area contributed by atoms with Gasteiger partial charge in [0.1, 0.15) is 0 Å². The van der Waals surface area contributed by atoms with Gasteiger partial charge in [0.05, 0.1) is 5.56 Å². The number of para-hydroxylation sites is 1. The van der Waals surface area contributed by atoms with Gasteiger partial charge in [-0.15, -0.1) is 0 Å². The van der Waals surface area contributed by atoms with Crippen molar-refractivity contribution < 1.29 is 14.7 Å². The van der Waals surface area contributed by atoms with Gasteiger partial charge in [0, 0.05) is 5.41 Å². The van der Waals surface area contributed by atoms with Gasteiger partial charge in [-0.05, 0) is 12.1 Å². The second-order valence-electron chi connectivity index (χ2n) is 4.85. The number of aromatic nitrogens is 2. The van der Waals surface area contributed by atoms with Crippen molar-refractivity contribution in [3.63, 3.8) is 0 Å². The number of aromatic hydroxyl groups is 2. The zero-order valence-electron chi connectivity index (χ0n) is 9.93. The van der Waals surface area contributed by atoms with E-state index in [2.05, 4.69) is 10.1 Å². The molecule has 0 unspecified atom stereocenters. The molecule has 1 heterocycles. The topological polar surface area (TPSA) is 79.4 Å². The molecule has 0 atom stereocenters. The second-order valence-corrected chi connectivity index (χ2v) is 4.85. The van der Waals surface area contributed by atoms with Crippen LogP contribution in [0.15, 0.2) is 22.7 Å². The molecule has 17 heavy (non-hydrogen) atoms. The number of nitrogens with zero attached hydrogens (tertiary/aromatic N) is 2. The lowest BCUT2D eigenvalue weighted by Gasteiger charge is -2.10. The number of hydrogen-bond donors (Lipinski definition) is 2. The average molecular weight is 234 g/mol. The summed E-state index contributed by atoms with van der Waals surface area (Å²) >= 11 is 0. The van der Waals surface area contributed by atoms with Gasteiger partial charge in [0.25, 0.3) is 5.89 Å². The summed E-state index contributed by atoms with van der Waals surface area (Å²) in [6.07, 6.45) is 0. The predicted molar refractivity (Wildman–Crippen MR) is 61.8 cm³/mol. The summed E-state index contributed by atoms with van der Waals surface area (Å²) in [6.45, 7) is 5.89.